The normalized spacial score (nSPS) is 10.4. The fraction of sp³-hybridized carbons (Fsp3) is 0. The number of aromatic nitrogens is 2. The van der Waals surface area contributed by atoms with E-state index in [0.717, 1.165) is 6.20 Å². The first-order chi connectivity index (χ1) is 11.5. The Hall–Kier alpha value is -2.99. The lowest BCUT2D eigenvalue weighted by atomic mass is 10.2. The molecule has 0 atom stereocenters. The summed E-state index contributed by atoms with van der Waals surface area (Å²) in [7, 11) is 0. The van der Waals surface area contributed by atoms with Gasteiger partial charge in [-0.1, -0.05) is 35.9 Å². The molecule has 3 rings (SSSR count). The van der Waals surface area contributed by atoms with Crippen molar-refractivity contribution in [2.45, 2.75) is 0 Å². The zero-order valence-electron chi connectivity index (χ0n) is 12.1. The number of carbonyl (C=O) groups is 1. The van der Waals surface area contributed by atoms with Crippen molar-refractivity contribution in [1.29, 1.82) is 0 Å². The van der Waals surface area contributed by atoms with Gasteiger partial charge in [0.1, 0.15) is 17.1 Å². The maximum atomic E-state index is 13.4. The minimum absolute atomic E-state index is 0.140. The van der Waals surface area contributed by atoms with Gasteiger partial charge < -0.3 is 9.84 Å². The third-order valence-electron chi connectivity index (χ3n) is 3.11. The summed E-state index contributed by atoms with van der Waals surface area (Å²) in [5.41, 5.74) is 0.172. The van der Waals surface area contributed by atoms with Gasteiger partial charge in [0.25, 0.3) is 0 Å². The van der Waals surface area contributed by atoms with E-state index in [1.54, 1.807) is 30.3 Å². The van der Waals surface area contributed by atoms with Crippen molar-refractivity contribution in [3.8, 4) is 23.0 Å². The maximum absolute atomic E-state index is 13.4. The van der Waals surface area contributed by atoms with Crippen molar-refractivity contribution < 1.29 is 19.0 Å². The average molecular weight is 345 g/mol. The Morgan fingerprint density at radius 2 is 1.96 bits per heavy atom. The lowest BCUT2D eigenvalue weighted by Crippen LogP contribution is -2.05. The fourth-order valence-corrected chi connectivity index (χ4v) is 2.16. The van der Waals surface area contributed by atoms with Crippen LogP contribution >= 0.6 is 11.6 Å². The molecule has 0 radical (unpaired) electrons. The Kier molecular flexibility index (Phi) is 4.39. The Bertz CT molecular complexity index is 918. The van der Waals surface area contributed by atoms with Gasteiger partial charge >= 0.3 is 5.97 Å². The monoisotopic (exact) mass is 344 g/mol. The third kappa shape index (κ3) is 3.33. The summed E-state index contributed by atoms with van der Waals surface area (Å²) in [6, 6.07) is 12.2. The molecule has 7 heteroatoms. The number of para-hydroxylation sites is 1. The zero-order chi connectivity index (χ0) is 17.1. The van der Waals surface area contributed by atoms with Crippen molar-refractivity contribution in [3.05, 3.63) is 71.1 Å². The molecule has 0 spiro atoms. The molecule has 0 saturated carbocycles. The van der Waals surface area contributed by atoms with E-state index in [-0.39, 0.29) is 23.0 Å². The van der Waals surface area contributed by atoms with E-state index in [0.29, 0.717) is 10.6 Å². The molecular formula is C17H10ClFN2O3. The smallest absolute Gasteiger partial charge is 0.342 e. The number of aromatic carboxylic acids is 1. The summed E-state index contributed by atoms with van der Waals surface area (Å²) in [5.74, 6) is -1.48. The Labute approximate surface area is 141 Å². The number of halogens is 2. The molecule has 0 aliphatic carbocycles. The van der Waals surface area contributed by atoms with Gasteiger partial charge in [-0.2, -0.15) is 4.98 Å². The highest BCUT2D eigenvalue weighted by Crippen LogP contribution is 2.30. The minimum Gasteiger partial charge on any atom is -0.477 e. The first-order valence-corrected chi connectivity index (χ1v) is 7.21. The highest BCUT2D eigenvalue weighted by molar-refractivity contribution is 6.32. The van der Waals surface area contributed by atoms with Crippen LogP contribution in [0.25, 0.3) is 11.4 Å². The molecule has 0 unspecified atom stereocenters. The van der Waals surface area contributed by atoms with Crippen LogP contribution in [0.5, 0.6) is 11.6 Å². The number of nitrogens with zero attached hydrogens (tertiary/aromatic N) is 2. The first-order valence-electron chi connectivity index (χ1n) is 6.83. The van der Waals surface area contributed by atoms with Crippen LogP contribution in [0.3, 0.4) is 0 Å². The van der Waals surface area contributed by atoms with Gasteiger partial charge in [-0.3, -0.25) is 0 Å². The van der Waals surface area contributed by atoms with Crippen molar-refractivity contribution in [2.75, 3.05) is 0 Å². The molecule has 5 nitrogen and oxygen atoms in total. The van der Waals surface area contributed by atoms with Crippen molar-refractivity contribution in [3.63, 3.8) is 0 Å². The average Bonchev–Trinajstić information content (AvgIpc) is 2.56. The van der Waals surface area contributed by atoms with Gasteiger partial charge in [0.15, 0.2) is 5.82 Å². The number of benzene rings is 2. The second kappa shape index (κ2) is 6.64. The summed E-state index contributed by atoms with van der Waals surface area (Å²) in [4.78, 5) is 19.4. The van der Waals surface area contributed by atoms with Crippen LogP contribution in [0, 0.1) is 5.82 Å². The Balaban J connectivity index is 2.07. The molecule has 0 aliphatic heterocycles. The van der Waals surface area contributed by atoms with E-state index in [2.05, 4.69) is 9.97 Å². The van der Waals surface area contributed by atoms with Crippen LogP contribution in [-0.4, -0.2) is 21.0 Å². The van der Waals surface area contributed by atoms with Crippen molar-refractivity contribution >= 4 is 17.6 Å². The van der Waals surface area contributed by atoms with E-state index in [9.17, 15) is 14.3 Å². The number of hydrogen-bond donors (Lipinski definition) is 1. The van der Waals surface area contributed by atoms with E-state index < -0.39 is 11.8 Å². The molecule has 120 valence electrons. The SMILES string of the molecule is O=C(O)c1cnc(-c2cccc(F)c2)nc1Oc1ccccc1Cl. The molecule has 3 aromatic rings. The van der Waals surface area contributed by atoms with E-state index in [1.165, 1.54) is 18.2 Å². The summed E-state index contributed by atoms with van der Waals surface area (Å²) < 4.78 is 18.9. The van der Waals surface area contributed by atoms with Crippen LogP contribution in [0.4, 0.5) is 4.39 Å². The number of carboxylic acids is 1. The molecule has 0 bridgehead atoms. The summed E-state index contributed by atoms with van der Waals surface area (Å²) in [5, 5.41) is 9.57. The topological polar surface area (TPSA) is 72.3 Å². The minimum atomic E-state index is -1.25. The molecule has 1 aromatic heterocycles. The maximum Gasteiger partial charge on any atom is 0.342 e. The predicted octanol–water partition coefficient (Wildman–Crippen LogP) is 4.43. The highest BCUT2D eigenvalue weighted by atomic mass is 35.5. The number of rotatable bonds is 4. The van der Waals surface area contributed by atoms with Crippen molar-refractivity contribution in [2.24, 2.45) is 0 Å². The third-order valence-corrected chi connectivity index (χ3v) is 3.42. The molecule has 0 fully saturated rings. The van der Waals surface area contributed by atoms with Gasteiger partial charge in [-0.05, 0) is 24.3 Å². The second-order valence-corrected chi connectivity index (χ2v) is 5.17. The van der Waals surface area contributed by atoms with Gasteiger partial charge in [-0.25, -0.2) is 14.2 Å². The summed E-state index contributed by atoms with van der Waals surface area (Å²) in [6.45, 7) is 0. The van der Waals surface area contributed by atoms with Crippen LogP contribution < -0.4 is 4.74 Å². The fourth-order valence-electron chi connectivity index (χ4n) is 1.99. The molecule has 1 N–H and O–H groups in total. The number of carboxylic acid groups (broad SMARTS) is 1. The predicted molar refractivity (Wildman–Crippen MR) is 85.9 cm³/mol. The standard InChI is InChI=1S/C17H10ClFN2O3/c18-13-6-1-2-7-14(13)24-16-12(17(22)23)9-20-15(21-16)10-4-3-5-11(19)8-10/h1-9H,(H,22,23). The summed E-state index contributed by atoms with van der Waals surface area (Å²) in [6.07, 6.45) is 1.11. The van der Waals surface area contributed by atoms with Gasteiger partial charge in [0, 0.05) is 11.8 Å². The molecule has 0 amide bonds. The molecular weight excluding hydrogens is 335 g/mol. The lowest BCUT2D eigenvalue weighted by molar-refractivity contribution is 0.0693. The van der Waals surface area contributed by atoms with Crippen molar-refractivity contribution in [1.82, 2.24) is 9.97 Å². The molecule has 24 heavy (non-hydrogen) atoms. The van der Waals surface area contributed by atoms with Gasteiger partial charge in [0.05, 0.1) is 5.02 Å². The molecule has 0 aliphatic rings. The molecule has 2 aromatic carbocycles. The second-order valence-electron chi connectivity index (χ2n) is 4.76. The van der Waals surface area contributed by atoms with Crippen LogP contribution in [0.2, 0.25) is 5.02 Å². The van der Waals surface area contributed by atoms with E-state index in [4.69, 9.17) is 16.3 Å². The Morgan fingerprint density at radius 3 is 2.67 bits per heavy atom. The molecule has 0 saturated heterocycles. The number of ether oxygens (including phenoxy) is 1. The quantitative estimate of drug-likeness (QED) is 0.758. The van der Waals surface area contributed by atoms with Crippen LogP contribution in [-0.2, 0) is 0 Å². The van der Waals surface area contributed by atoms with Gasteiger partial charge in [0.2, 0.25) is 5.88 Å². The summed E-state index contributed by atoms with van der Waals surface area (Å²) >= 11 is 6.02. The largest absolute Gasteiger partial charge is 0.477 e. The van der Waals surface area contributed by atoms with E-state index in [1.807, 2.05) is 0 Å². The lowest BCUT2D eigenvalue weighted by Gasteiger charge is -2.10. The first kappa shape index (κ1) is 15.9. The Morgan fingerprint density at radius 1 is 1.17 bits per heavy atom. The number of hydrogen-bond acceptors (Lipinski definition) is 4. The zero-order valence-corrected chi connectivity index (χ0v) is 12.9. The van der Waals surface area contributed by atoms with Crippen LogP contribution in [0.1, 0.15) is 10.4 Å². The highest BCUT2D eigenvalue weighted by Gasteiger charge is 2.17. The van der Waals surface area contributed by atoms with E-state index >= 15 is 0 Å². The van der Waals surface area contributed by atoms with Gasteiger partial charge in [-0.15, -0.1) is 0 Å². The molecule has 1 heterocycles. The van der Waals surface area contributed by atoms with Crippen LogP contribution in [0.15, 0.2) is 54.7 Å².